The van der Waals surface area contributed by atoms with Gasteiger partial charge in [0.15, 0.2) is 5.78 Å². The van der Waals surface area contributed by atoms with Crippen LogP contribution in [0.3, 0.4) is 0 Å². The van der Waals surface area contributed by atoms with Gasteiger partial charge in [-0.2, -0.15) is 13.2 Å². The Hall–Kier alpha value is -2.02. The highest BCUT2D eigenvalue weighted by atomic mass is 32.1. The molecule has 1 heterocycles. The number of ketones is 2. The lowest BCUT2D eigenvalue weighted by atomic mass is 10.0. The molecule has 0 radical (unpaired) electrons. The van der Waals surface area contributed by atoms with Gasteiger partial charge in [0, 0.05) is 16.5 Å². The third-order valence-corrected chi connectivity index (χ3v) is 3.53. The van der Waals surface area contributed by atoms with Crippen LogP contribution in [0.5, 0.6) is 0 Å². The predicted molar refractivity (Wildman–Crippen MR) is 72.3 cm³/mol. The molecule has 0 aliphatic carbocycles. The fourth-order valence-corrected chi connectivity index (χ4v) is 2.29. The topological polar surface area (TPSA) is 47.0 Å². The summed E-state index contributed by atoms with van der Waals surface area (Å²) in [5.74, 6) is -2.88. The summed E-state index contributed by atoms with van der Waals surface area (Å²) in [7, 11) is 0. The van der Waals surface area contributed by atoms with Crippen LogP contribution in [0, 0.1) is 6.92 Å². The first-order valence-electron chi connectivity index (χ1n) is 5.93. The minimum absolute atomic E-state index is 0.0725. The van der Waals surface area contributed by atoms with Crippen molar-refractivity contribution >= 4 is 22.9 Å². The molecule has 0 fully saturated rings. The van der Waals surface area contributed by atoms with Crippen molar-refractivity contribution < 1.29 is 22.8 Å². The maximum absolute atomic E-state index is 12.1. The molecule has 0 N–H and O–H groups in total. The molecule has 2 aromatic rings. The molecule has 0 bridgehead atoms. The van der Waals surface area contributed by atoms with Crippen molar-refractivity contribution in [3.05, 3.63) is 40.2 Å². The Morgan fingerprint density at radius 2 is 1.81 bits per heavy atom. The molecule has 0 aliphatic heterocycles. The molecule has 0 spiro atoms. The van der Waals surface area contributed by atoms with E-state index < -0.39 is 24.2 Å². The third kappa shape index (κ3) is 3.75. The molecule has 110 valence electrons. The standard InChI is InChI=1S/C14H10F3NO2S/c1-8-18-11(7-21-8)9-2-4-10(5-3-9)12(19)6-13(20)14(15,16)17/h2-5,7H,6H2,1H3. The summed E-state index contributed by atoms with van der Waals surface area (Å²) in [6, 6.07) is 5.99. The fraction of sp³-hybridized carbons (Fsp3) is 0.214. The number of hydrogen-bond acceptors (Lipinski definition) is 4. The number of aromatic nitrogens is 1. The van der Waals surface area contributed by atoms with Crippen LogP contribution in [0.4, 0.5) is 13.2 Å². The van der Waals surface area contributed by atoms with E-state index in [1.165, 1.54) is 23.5 Å². The number of rotatable bonds is 4. The lowest BCUT2D eigenvalue weighted by molar-refractivity contribution is -0.170. The number of halogens is 3. The molecular weight excluding hydrogens is 303 g/mol. The van der Waals surface area contributed by atoms with Gasteiger partial charge in [0.25, 0.3) is 0 Å². The normalized spacial score (nSPS) is 11.4. The number of nitrogens with zero attached hydrogens (tertiary/aromatic N) is 1. The molecule has 21 heavy (non-hydrogen) atoms. The summed E-state index contributed by atoms with van der Waals surface area (Å²) in [6.45, 7) is 1.86. The molecular formula is C14H10F3NO2S. The first kappa shape index (κ1) is 15.4. The number of hydrogen-bond donors (Lipinski definition) is 0. The molecule has 0 aliphatic rings. The maximum Gasteiger partial charge on any atom is 0.450 e. The van der Waals surface area contributed by atoms with Gasteiger partial charge in [0.2, 0.25) is 5.78 Å². The molecule has 7 heteroatoms. The van der Waals surface area contributed by atoms with Crippen LogP contribution in [-0.2, 0) is 4.79 Å². The van der Waals surface area contributed by atoms with E-state index in [9.17, 15) is 22.8 Å². The van der Waals surface area contributed by atoms with Crippen molar-refractivity contribution in [2.45, 2.75) is 19.5 Å². The zero-order chi connectivity index (χ0) is 15.6. The zero-order valence-corrected chi connectivity index (χ0v) is 11.7. The fourth-order valence-electron chi connectivity index (χ4n) is 1.67. The van der Waals surface area contributed by atoms with Gasteiger partial charge >= 0.3 is 6.18 Å². The highest BCUT2D eigenvalue weighted by molar-refractivity contribution is 7.09. The zero-order valence-electron chi connectivity index (χ0n) is 10.9. The quantitative estimate of drug-likeness (QED) is 0.637. The second-order valence-electron chi connectivity index (χ2n) is 4.35. The number of Topliss-reactive ketones (excluding diaryl/α,β-unsaturated/α-hetero) is 2. The smallest absolute Gasteiger partial charge is 0.294 e. The molecule has 0 saturated heterocycles. The van der Waals surface area contributed by atoms with E-state index in [0.717, 1.165) is 16.3 Å². The Balaban J connectivity index is 2.12. The Morgan fingerprint density at radius 1 is 1.19 bits per heavy atom. The van der Waals surface area contributed by atoms with Crippen LogP contribution in [0.15, 0.2) is 29.6 Å². The van der Waals surface area contributed by atoms with Crippen LogP contribution in [0.2, 0.25) is 0 Å². The number of aryl methyl sites for hydroxylation is 1. The Morgan fingerprint density at radius 3 is 2.29 bits per heavy atom. The van der Waals surface area contributed by atoms with E-state index in [2.05, 4.69) is 4.98 Å². The van der Waals surface area contributed by atoms with E-state index >= 15 is 0 Å². The van der Waals surface area contributed by atoms with Gasteiger partial charge in [-0.05, 0) is 6.92 Å². The lowest BCUT2D eigenvalue weighted by Gasteiger charge is -2.05. The monoisotopic (exact) mass is 313 g/mol. The molecule has 0 unspecified atom stereocenters. The lowest BCUT2D eigenvalue weighted by Crippen LogP contribution is -2.25. The van der Waals surface area contributed by atoms with E-state index in [1.807, 2.05) is 12.3 Å². The minimum atomic E-state index is -4.98. The summed E-state index contributed by atoms with van der Waals surface area (Å²) in [4.78, 5) is 26.7. The molecule has 3 nitrogen and oxygen atoms in total. The van der Waals surface area contributed by atoms with Crippen molar-refractivity contribution in [1.82, 2.24) is 4.98 Å². The van der Waals surface area contributed by atoms with Crippen LogP contribution >= 0.6 is 11.3 Å². The number of thiazole rings is 1. The van der Waals surface area contributed by atoms with E-state index in [4.69, 9.17) is 0 Å². The highest BCUT2D eigenvalue weighted by Crippen LogP contribution is 2.23. The number of benzene rings is 1. The number of carbonyl (C=O) groups excluding carboxylic acids is 2. The molecule has 0 amide bonds. The number of carbonyl (C=O) groups is 2. The van der Waals surface area contributed by atoms with Crippen molar-refractivity contribution in [2.75, 3.05) is 0 Å². The Labute approximate surface area is 122 Å². The maximum atomic E-state index is 12.1. The van der Waals surface area contributed by atoms with Crippen LogP contribution < -0.4 is 0 Å². The summed E-state index contributed by atoms with van der Waals surface area (Å²) in [5.41, 5.74) is 1.57. The first-order valence-corrected chi connectivity index (χ1v) is 6.81. The minimum Gasteiger partial charge on any atom is -0.294 e. The average Bonchev–Trinajstić information content (AvgIpc) is 2.84. The Bertz CT molecular complexity index is 674. The second-order valence-corrected chi connectivity index (χ2v) is 5.41. The summed E-state index contributed by atoms with van der Waals surface area (Å²) in [5, 5.41) is 2.74. The molecule has 0 atom stereocenters. The van der Waals surface area contributed by atoms with Crippen LogP contribution in [-0.4, -0.2) is 22.7 Å². The van der Waals surface area contributed by atoms with Gasteiger partial charge in [0.05, 0.1) is 17.1 Å². The molecule has 1 aromatic heterocycles. The molecule has 0 saturated carbocycles. The van der Waals surface area contributed by atoms with Gasteiger partial charge in [0.1, 0.15) is 0 Å². The van der Waals surface area contributed by atoms with Crippen molar-refractivity contribution in [1.29, 1.82) is 0 Å². The van der Waals surface area contributed by atoms with Crippen molar-refractivity contribution in [3.8, 4) is 11.3 Å². The second kappa shape index (κ2) is 5.77. The van der Waals surface area contributed by atoms with Crippen LogP contribution in [0.1, 0.15) is 21.8 Å². The van der Waals surface area contributed by atoms with Gasteiger partial charge < -0.3 is 0 Å². The number of alkyl halides is 3. The average molecular weight is 313 g/mol. The highest BCUT2D eigenvalue weighted by Gasteiger charge is 2.39. The summed E-state index contributed by atoms with van der Waals surface area (Å²) < 4.78 is 36.3. The van der Waals surface area contributed by atoms with Gasteiger partial charge in [-0.25, -0.2) is 4.98 Å². The van der Waals surface area contributed by atoms with Gasteiger partial charge in [-0.15, -0.1) is 11.3 Å². The summed E-state index contributed by atoms with van der Waals surface area (Å²) >= 11 is 1.47. The predicted octanol–water partition coefficient (Wildman–Crippen LogP) is 3.82. The van der Waals surface area contributed by atoms with E-state index in [1.54, 1.807) is 12.1 Å². The SMILES string of the molecule is Cc1nc(-c2ccc(C(=O)CC(=O)C(F)(F)F)cc2)cs1. The molecule has 1 aromatic carbocycles. The largest absolute Gasteiger partial charge is 0.450 e. The summed E-state index contributed by atoms with van der Waals surface area (Å²) in [6.07, 6.45) is -6.15. The van der Waals surface area contributed by atoms with Crippen molar-refractivity contribution in [2.24, 2.45) is 0 Å². The van der Waals surface area contributed by atoms with Gasteiger partial charge in [-0.1, -0.05) is 24.3 Å². The Kier molecular flexibility index (Phi) is 4.22. The molecule has 2 rings (SSSR count). The van der Waals surface area contributed by atoms with Crippen LogP contribution in [0.25, 0.3) is 11.3 Å². The first-order chi connectivity index (χ1) is 9.77. The van der Waals surface area contributed by atoms with E-state index in [-0.39, 0.29) is 5.56 Å². The van der Waals surface area contributed by atoms with Crippen molar-refractivity contribution in [3.63, 3.8) is 0 Å². The van der Waals surface area contributed by atoms with Gasteiger partial charge in [-0.3, -0.25) is 9.59 Å². The third-order valence-electron chi connectivity index (χ3n) is 2.76. The van der Waals surface area contributed by atoms with E-state index in [0.29, 0.717) is 0 Å².